The monoisotopic (exact) mass is 359 g/mol. The Bertz CT molecular complexity index is 700. The highest BCUT2D eigenvalue weighted by molar-refractivity contribution is 5.96. The third-order valence-corrected chi connectivity index (χ3v) is 5.39. The predicted octanol–water partition coefficient (Wildman–Crippen LogP) is 1.96. The predicted molar refractivity (Wildman–Crippen MR) is 96.7 cm³/mol. The van der Waals surface area contributed by atoms with Gasteiger partial charge in [0.05, 0.1) is 0 Å². The lowest BCUT2D eigenvalue weighted by Crippen LogP contribution is -2.45. The third kappa shape index (κ3) is 3.30. The van der Waals surface area contributed by atoms with Gasteiger partial charge in [-0.1, -0.05) is 6.92 Å². The first-order valence-corrected chi connectivity index (χ1v) is 9.35. The highest BCUT2D eigenvalue weighted by Gasteiger charge is 2.33. The molecule has 0 unspecified atom stereocenters. The second-order valence-electron chi connectivity index (χ2n) is 7.25. The van der Waals surface area contributed by atoms with Crippen molar-refractivity contribution in [3.05, 3.63) is 18.2 Å². The topological polar surface area (TPSA) is 62.3 Å². The normalized spacial score (nSPS) is 20.7. The minimum Gasteiger partial charge on any atom is -0.486 e. The van der Waals surface area contributed by atoms with Gasteiger partial charge in [-0.2, -0.15) is 0 Å². The Kier molecular flexibility index (Phi) is 4.61. The van der Waals surface area contributed by atoms with E-state index in [-0.39, 0.29) is 18.5 Å². The number of anilines is 1. The molecule has 7 nitrogen and oxygen atoms in total. The number of nitrogens with zero attached hydrogens (tertiary/aromatic N) is 3. The van der Waals surface area contributed by atoms with E-state index < -0.39 is 0 Å². The van der Waals surface area contributed by atoms with Crippen molar-refractivity contribution in [2.24, 2.45) is 5.92 Å². The first-order valence-electron chi connectivity index (χ1n) is 9.35. The number of hydrogen-bond donors (Lipinski definition) is 0. The van der Waals surface area contributed by atoms with Crippen molar-refractivity contribution in [3.8, 4) is 11.5 Å². The quantitative estimate of drug-likeness (QED) is 0.828. The van der Waals surface area contributed by atoms with Crippen LogP contribution in [0.4, 0.5) is 10.5 Å². The summed E-state index contributed by atoms with van der Waals surface area (Å²) in [6.45, 7) is 6.17. The maximum atomic E-state index is 12.8. The summed E-state index contributed by atoms with van der Waals surface area (Å²) in [4.78, 5) is 30.5. The molecule has 0 aromatic heterocycles. The molecule has 0 atom stereocenters. The molecule has 2 fully saturated rings. The molecule has 1 aromatic carbocycles. The number of hydrogen-bond acceptors (Lipinski definition) is 4. The van der Waals surface area contributed by atoms with Crippen molar-refractivity contribution in [1.82, 2.24) is 9.80 Å². The highest BCUT2D eigenvalue weighted by Crippen LogP contribution is 2.35. The van der Waals surface area contributed by atoms with Gasteiger partial charge in [0, 0.05) is 37.9 Å². The van der Waals surface area contributed by atoms with Crippen LogP contribution in [0.2, 0.25) is 0 Å². The van der Waals surface area contributed by atoms with Crippen LogP contribution >= 0.6 is 0 Å². The van der Waals surface area contributed by atoms with E-state index in [0.29, 0.717) is 43.7 Å². The number of amides is 3. The van der Waals surface area contributed by atoms with Gasteiger partial charge in [-0.15, -0.1) is 0 Å². The first-order chi connectivity index (χ1) is 12.6. The van der Waals surface area contributed by atoms with E-state index >= 15 is 0 Å². The zero-order valence-corrected chi connectivity index (χ0v) is 15.1. The SMILES string of the molecule is CC1CCN(C(=O)CN2CCN(c3ccc4c(c3)OCCO4)C2=O)CC1. The molecule has 3 amide bonds. The van der Waals surface area contributed by atoms with Crippen LogP contribution in [0.3, 0.4) is 0 Å². The van der Waals surface area contributed by atoms with Gasteiger partial charge >= 0.3 is 6.03 Å². The number of piperidine rings is 1. The summed E-state index contributed by atoms with van der Waals surface area (Å²) in [7, 11) is 0. The lowest BCUT2D eigenvalue weighted by Gasteiger charge is -2.31. The number of likely N-dealkylation sites (tertiary alicyclic amines) is 1. The average molecular weight is 359 g/mol. The molecule has 0 saturated carbocycles. The van der Waals surface area contributed by atoms with E-state index in [1.165, 1.54) is 0 Å². The number of carbonyl (C=O) groups excluding carboxylic acids is 2. The Hall–Kier alpha value is -2.44. The Morgan fingerprint density at radius 1 is 1.08 bits per heavy atom. The molecule has 140 valence electrons. The van der Waals surface area contributed by atoms with Crippen molar-refractivity contribution in [3.63, 3.8) is 0 Å². The Balaban J connectivity index is 1.39. The van der Waals surface area contributed by atoms with E-state index in [0.717, 1.165) is 31.6 Å². The molecule has 0 spiro atoms. The van der Waals surface area contributed by atoms with Crippen LogP contribution < -0.4 is 14.4 Å². The maximum Gasteiger partial charge on any atom is 0.325 e. The minimum atomic E-state index is -0.125. The zero-order valence-electron chi connectivity index (χ0n) is 15.1. The van der Waals surface area contributed by atoms with Gasteiger partial charge in [-0.05, 0) is 30.9 Å². The van der Waals surface area contributed by atoms with Gasteiger partial charge in [0.2, 0.25) is 5.91 Å². The van der Waals surface area contributed by atoms with Crippen molar-refractivity contribution < 1.29 is 19.1 Å². The second kappa shape index (κ2) is 7.05. The number of benzene rings is 1. The van der Waals surface area contributed by atoms with Gasteiger partial charge < -0.3 is 19.3 Å². The Labute approximate surface area is 153 Å². The Morgan fingerprint density at radius 3 is 2.58 bits per heavy atom. The summed E-state index contributed by atoms with van der Waals surface area (Å²) in [6.07, 6.45) is 2.09. The third-order valence-electron chi connectivity index (χ3n) is 5.39. The molecule has 26 heavy (non-hydrogen) atoms. The largest absolute Gasteiger partial charge is 0.486 e. The van der Waals surface area contributed by atoms with Crippen LogP contribution in [0, 0.1) is 5.92 Å². The fourth-order valence-electron chi connectivity index (χ4n) is 3.69. The molecule has 0 radical (unpaired) electrons. The molecular formula is C19H25N3O4. The van der Waals surface area contributed by atoms with Gasteiger partial charge in [-0.3, -0.25) is 9.69 Å². The van der Waals surface area contributed by atoms with Gasteiger partial charge in [0.25, 0.3) is 0 Å². The number of fused-ring (bicyclic) bond motifs is 1. The fourth-order valence-corrected chi connectivity index (χ4v) is 3.69. The van der Waals surface area contributed by atoms with E-state index in [4.69, 9.17) is 9.47 Å². The van der Waals surface area contributed by atoms with Crippen molar-refractivity contribution in [1.29, 1.82) is 0 Å². The fraction of sp³-hybridized carbons (Fsp3) is 0.579. The van der Waals surface area contributed by atoms with Crippen molar-refractivity contribution >= 4 is 17.6 Å². The van der Waals surface area contributed by atoms with Crippen LogP contribution in [0.25, 0.3) is 0 Å². The lowest BCUT2D eigenvalue weighted by molar-refractivity contribution is -0.132. The summed E-state index contributed by atoms with van der Waals surface area (Å²) in [5.41, 5.74) is 0.779. The van der Waals surface area contributed by atoms with Crippen LogP contribution in [-0.2, 0) is 4.79 Å². The molecule has 3 aliphatic rings. The molecule has 3 aliphatic heterocycles. The molecule has 0 aliphatic carbocycles. The molecule has 7 heteroatoms. The summed E-state index contributed by atoms with van der Waals surface area (Å²) < 4.78 is 11.1. The number of rotatable bonds is 3. The summed E-state index contributed by atoms with van der Waals surface area (Å²) >= 11 is 0. The van der Waals surface area contributed by atoms with E-state index in [1.807, 2.05) is 23.1 Å². The molecule has 0 N–H and O–H groups in total. The van der Waals surface area contributed by atoms with Gasteiger partial charge in [0.1, 0.15) is 19.8 Å². The molecule has 3 heterocycles. The Morgan fingerprint density at radius 2 is 1.81 bits per heavy atom. The average Bonchev–Trinajstić information content (AvgIpc) is 3.02. The van der Waals surface area contributed by atoms with E-state index in [1.54, 1.807) is 9.80 Å². The molecule has 2 saturated heterocycles. The molecular weight excluding hydrogens is 334 g/mol. The van der Waals surface area contributed by atoms with Crippen molar-refractivity contribution in [2.75, 3.05) is 50.8 Å². The van der Waals surface area contributed by atoms with Crippen molar-refractivity contribution in [2.45, 2.75) is 19.8 Å². The van der Waals surface area contributed by atoms with E-state index in [9.17, 15) is 9.59 Å². The smallest absolute Gasteiger partial charge is 0.325 e. The summed E-state index contributed by atoms with van der Waals surface area (Å²) in [5, 5.41) is 0. The lowest BCUT2D eigenvalue weighted by atomic mass is 9.99. The van der Waals surface area contributed by atoms with Gasteiger partial charge in [0.15, 0.2) is 11.5 Å². The second-order valence-corrected chi connectivity index (χ2v) is 7.25. The van der Waals surface area contributed by atoms with Crippen LogP contribution in [0.1, 0.15) is 19.8 Å². The molecule has 1 aromatic rings. The highest BCUT2D eigenvalue weighted by atomic mass is 16.6. The summed E-state index contributed by atoms with van der Waals surface area (Å²) in [5.74, 6) is 2.10. The van der Waals surface area contributed by atoms with Crippen LogP contribution in [0.5, 0.6) is 11.5 Å². The number of carbonyl (C=O) groups is 2. The van der Waals surface area contributed by atoms with Crippen LogP contribution in [0.15, 0.2) is 18.2 Å². The maximum absolute atomic E-state index is 12.8. The minimum absolute atomic E-state index is 0.0503. The zero-order chi connectivity index (χ0) is 18.1. The van der Waals surface area contributed by atoms with E-state index in [2.05, 4.69) is 6.92 Å². The summed E-state index contributed by atoms with van der Waals surface area (Å²) in [6, 6.07) is 5.41. The number of urea groups is 1. The molecule has 4 rings (SSSR count). The number of ether oxygens (including phenoxy) is 2. The first kappa shape index (κ1) is 17.0. The molecule has 0 bridgehead atoms. The standard InChI is InChI=1S/C19H25N3O4/c1-14-4-6-20(7-5-14)18(23)13-21-8-9-22(19(21)24)15-2-3-16-17(12-15)26-11-10-25-16/h2-3,12,14H,4-11,13H2,1H3. The van der Waals surface area contributed by atoms with Crippen LogP contribution in [-0.4, -0.2) is 67.7 Å². The van der Waals surface area contributed by atoms with Gasteiger partial charge in [-0.25, -0.2) is 4.79 Å².